The molecule has 5 N–H and O–H groups in total. The lowest BCUT2D eigenvalue weighted by atomic mass is 9.77. The van der Waals surface area contributed by atoms with Gasteiger partial charge in [0.2, 0.25) is 0 Å². The first-order valence-electron chi connectivity index (χ1n) is 20.2. The van der Waals surface area contributed by atoms with Gasteiger partial charge in [-0.1, -0.05) is 20.8 Å². The molecule has 320 valence electrons. The van der Waals surface area contributed by atoms with Crippen molar-refractivity contribution < 1.29 is 58.7 Å². The molecule has 0 aromatic carbocycles. The lowest BCUT2D eigenvalue weighted by Gasteiger charge is -2.49. The number of nitrogens with zero attached hydrogens (tertiary/aromatic N) is 2. The first-order valence-corrected chi connectivity index (χ1v) is 20.2. The number of aliphatic hydroxyl groups is 5. The highest BCUT2D eigenvalue weighted by Crippen LogP contribution is 2.40. The minimum Gasteiger partial charge on any atom is -0.459 e. The molecule has 2 unspecified atom stereocenters. The first-order chi connectivity index (χ1) is 25.4. The zero-order valence-corrected chi connectivity index (χ0v) is 35.7. The molecule has 0 amide bonds. The topological polar surface area (TPSA) is 180 Å². The van der Waals surface area contributed by atoms with Crippen molar-refractivity contribution >= 4 is 5.97 Å². The molecule has 3 aliphatic rings. The van der Waals surface area contributed by atoms with Gasteiger partial charge in [0.25, 0.3) is 0 Å². The fourth-order valence-corrected chi connectivity index (χ4v) is 9.07. The number of hydrogen-bond donors (Lipinski definition) is 5. The number of ether oxygens (including phenoxy) is 6. The van der Waals surface area contributed by atoms with Crippen LogP contribution in [0.2, 0.25) is 0 Å². The van der Waals surface area contributed by atoms with Crippen LogP contribution >= 0.6 is 0 Å². The van der Waals surface area contributed by atoms with Gasteiger partial charge >= 0.3 is 5.97 Å². The van der Waals surface area contributed by atoms with Gasteiger partial charge in [0.05, 0.1) is 41.5 Å². The summed E-state index contributed by atoms with van der Waals surface area (Å²) in [5.74, 6) is -0.0120. The largest absolute Gasteiger partial charge is 0.459 e. The highest BCUT2D eigenvalue weighted by atomic mass is 16.7. The second-order valence-corrected chi connectivity index (χ2v) is 17.6. The molecule has 0 radical (unpaired) electrons. The highest BCUT2D eigenvalue weighted by Gasteiger charge is 2.52. The molecule has 0 bridgehead atoms. The van der Waals surface area contributed by atoms with Crippen molar-refractivity contribution in [2.45, 2.75) is 192 Å². The summed E-state index contributed by atoms with van der Waals surface area (Å²) in [4.78, 5) is 18.2. The third kappa shape index (κ3) is 11.2. The molecular weight excluding hydrogens is 712 g/mol. The van der Waals surface area contributed by atoms with Gasteiger partial charge in [0.15, 0.2) is 12.6 Å². The molecule has 3 fully saturated rings. The number of carbonyl (C=O) groups is 1. The zero-order valence-electron chi connectivity index (χ0n) is 35.7. The fraction of sp³-hybridized carbons (Fsp3) is 0.927. The molecule has 14 nitrogen and oxygen atoms in total. The van der Waals surface area contributed by atoms with Crippen LogP contribution in [-0.4, -0.2) is 166 Å². The normalized spacial score (nSPS) is 47.4. The summed E-state index contributed by atoms with van der Waals surface area (Å²) in [6.07, 6.45) is -2.52. The number of aliphatic hydroxyl groups excluding tert-OH is 3. The van der Waals surface area contributed by atoms with Crippen molar-refractivity contribution in [1.29, 1.82) is 0 Å². The second-order valence-electron chi connectivity index (χ2n) is 17.6. The number of terminal acetylenes is 1. The summed E-state index contributed by atoms with van der Waals surface area (Å²) in [6.45, 7) is 18.5. The molecule has 3 heterocycles. The number of carbonyl (C=O) groups excluding carboxylic acids is 1. The molecule has 0 aromatic heterocycles. The standard InChI is InChI=1S/C41H74N2O12/c1-15-17-18-42(12)29-19-24(4)51-38(32(29)44)55-36-25(5)33(54-31-21-40(10,50-14)35(46)28(8)52-31)26(6)37(47)53-30(16-2)41(11,49)34(45)27(7)43(13)22-23(3)20-39(36,9)48/h1,23-36,38,44-46,48-49H,16-22H2,2-14H3/t23-,24-,25+,26-,27-,28+,29+,30-,31+,32-,33+,34-,35?,36-,38-,39?,40-,41-/m1/s1. The van der Waals surface area contributed by atoms with E-state index in [0.717, 1.165) is 0 Å². The van der Waals surface area contributed by atoms with Crippen LogP contribution in [-0.2, 0) is 33.2 Å². The third-order valence-electron chi connectivity index (χ3n) is 12.7. The van der Waals surface area contributed by atoms with E-state index in [-0.39, 0.29) is 37.3 Å². The summed E-state index contributed by atoms with van der Waals surface area (Å²) in [5, 5.41) is 58.6. The van der Waals surface area contributed by atoms with E-state index < -0.39 is 96.0 Å². The van der Waals surface area contributed by atoms with Crippen LogP contribution in [0.15, 0.2) is 0 Å². The molecule has 14 heteroatoms. The predicted molar refractivity (Wildman–Crippen MR) is 207 cm³/mol. The Morgan fingerprint density at radius 3 is 2.22 bits per heavy atom. The Kier molecular flexibility index (Phi) is 17.0. The number of cyclic esters (lactones) is 1. The van der Waals surface area contributed by atoms with Crippen LogP contribution in [0.25, 0.3) is 0 Å². The smallest absolute Gasteiger partial charge is 0.311 e. The van der Waals surface area contributed by atoms with Crippen molar-refractivity contribution in [3.8, 4) is 12.3 Å². The average Bonchev–Trinajstić information content (AvgIpc) is 3.11. The van der Waals surface area contributed by atoms with Crippen molar-refractivity contribution in [2.24, 2.45) is 17.8 Å². The van der Waals surface area contributed by atoms with E-state index in [1.54, 1.807) is 41.5 Å². The highest BCUT2D eigenvalue weighted by molar-refractivity contribution is 5.73. The van der Waals surface area contributed by atoms with Crippen LogP contribution < -0.4 is 0 Å². The van der Waals surface area contributed by atoms with E-state index in [1.165, 1.54) is 14.0 Å². The molecule has 0 aliphatic carbocycles. The molecule has 18 atom stereocenters. The van der Waals surface area contributed by atoms with Gasteiger partial charge in [-0.25, -0.2) is 0 Å². The monoisotopic (exact) mass is 787 g/mol. The van der Waals surface area contributed by atoms with Gasteiger partial charge in [0.1, 0.15) is 30.0 Å². The van der Waals surface area contributed by atoms with Gasteiger partial charge in [-0.15, -0.1) is 12.3 Å². The molecule has 3 rings (SSSR count). The molecule has 3 aliphatic heterocycles. The fourth-order valence-electron chi connectivity index (χ4n) is 9.07. The van der Waals surface area contributed by atoms with Crippen LogP contribution in [0.5, 0.6) is 0 Å². The molecule has 55 heavy (non-hydrogen) atoms. The summed E-state index contributed by atoms with van der Waals surface area (Å²) in [5.41, 5.74) is -4.43. The number of hydrogen-bond acceptors (Lipinski definition) is 14. The lowest BCUT2D eigenvalue weighted by Crippen LogP contribution is -2.60. The molecule has 0 aromatic rings. The zero-order chi connectivity index (χ0) is 41.8. The third-order valence-corrected chi connectivity index (χ3v) is 12.7. The van der Waals surface area contributed by atoms with Crippen LogP contribution in [0.4, 0.5) is 0 Å². The van der Waals surface area contributed by atoms with Crippen LogP contribution in [0, 0.1) is 30.1 Å². The Bertz CT molecular complexity index is 1260. The van der Waals surface area contributed by atoms with E-state index in [1.807, 2.05) is 44.7 Å². The number of methoxy groups -OCH3 is 1. The summed E-state index contributed by atoms with van der Waals surface area (Å²) < 4.78 is 37.7. The first kappa shape index (κ1) is 47.9. The van der Waals surface area contributed by atoms with Gasteiger partial charge in [0, 0.05) is 51.0 Å². The minimum atomic E-state index is -1.81. The SMILES string of the molecule is C#CCCN(C)[C@H]1C[C@@H](C)O[C@H](O[C@@H]2[C@@H](C)[C@H](O[C@H]3C[C@@](C)(OC)C(O)[C@H](C)O3)[C@@H](C)C(=O)O[C@H](CC)[C@@](C)(O)[C@H](O)[C@@H](C)N(C)C[C@H](C)CC2(C)O)[C@@H]1O. The molecular formula is C41H74N2O12. The van der Waals surface area contributed by atoms with E-state index in [4.69, 9.17) is 34.8 Å². The van der Waals surface area contributed by atoms with Gasteiger partial charge in [-0.05, 0) is 87.7 Å². The van der Waals surface area contributed by atoms with Crippen molar-refractivity contribution in [2.75, 3.05) is 34.3 Å². The van der Waals surface area contributed by atoms with Crippen LogP contribution in [0.3, 0.4) is 0 Å². The van der Waals surface area contributed by atoms with Gasteiger partial charge in [-0.2, -0.15) is 0 Å². The Morgan fingerprint density at radius 2 is 1.64 bits per heavy atom. The van der Waals surface area contributed by atoms with E-state index >= 15 is 0 Å². The minimum absolute atomic E-state index is 0.120. The van der Waals surface area contributed by atoms with E-state index in [0.29, 0.717) is 25.9 Å². The summed E-state index contributed by atoms with van der Waals surface area (Å²) >= 11 is 0. The van der Waals surface area contributed by atoms with Crippen molar-refractivity contribution in [3.63, 3.8) is 0 Å². The summed E-state index contributed by atoms with van der Waals surface area (Å²) in [6, 6.07) is -0.897. The van der Waals surface area contributed by atoms with Gasteiger partial charge < -0.3 is 58.9 Å². The Morgan fingerprint density at radius 1 is 1.00 bits per heavy atom. The van der Waals surface area contributed by atoms with E-state index in [2.05, 4.69) is 5.92 Å². The van der Waals surface area contributed by atoms with Crippen LogP contribution in [0.1, 0.15) is 101 Å². The second kappa shape index (κ2) is 19.5. The van der Waals surface area contributed by atoms with Crippen molar-refractivity contribution in [3.05, 3.63) is 0 Å². The number of esters is 1. The maximum absolute atomic E-state index is 14.3. The maximum atomic E-state index is 14.3. The average molecular weight is 787 g/mol. The summed E-state index contributed by atoms with van der Waals surface area (Å²) in [7, 11) is 5.24. The maximum Gasteiger partial charge on any atom is 0.311 e. The Labute approximate surface area is 330 Å². The van der Waals surface area contributed by atoms with Crippen molar-refractivity contribution in [1.82, 2.24) is 9.80 Å². The number of rotatable bonds is 9. The molecule has 3 saturated heterocycles. The Hall–Kier alpha value is -1.45. The Balaban J connectivity index is 2.17. The van der Waals surface area contributed by atoms with E-state index in [9.17, 15) is 30.3 Å². The molecule has 0 saturated carbocycles. The molecule has 0 spiro atoms. The predicted octanol–water partition coefficient (Wildman–Crippen LogP) is 2.29. The quantitative estimate of drug-likeness (QED) is 0.170. The lowest BCUT2D eigenvalue weighted by molar-refractivity contribution is -0.318. The number of likely N-dealkylation sites (N-methyl/N-ethyl adjacent to an activating group) is 2. The van der Waals surface area contributed by atoms with Gasteiger partial charge in [-0.3, -0.25) is 9.69 Å².